The van der Waals surface area contributed by atoms with Crippen molar-refractivity contribution in [1.29, 1.82) is 5.26 Å². The number of hydrogen-bond donors (Lipinski definition) is 2. The van der Waals surface area contributed by atoms with Crippen LogP contribution in [0.1, 0.15) is 15.9 Å². The highest BCUT2D eigenvalue weighted by atomic mass is 35.5. The van der Waals surface area contributed by atoms with E-state index < -0.39 is 0 Å². The number of hydrazone groups is 1. The number of halogens is 1. The number of carbonyl (C=O) groups excluding carboxylic acids is 1. The second-order valence-electron chi connectivity index (χ2n) is 7.30. The van der Waals surface area contributed by atoms with Gasteiger partial charge in [0.25, 0.3) is 5.91 Å². The van der Waals surface area contributed by atoms with E-state index in [0.29, 0.717) is 27.6 Å². The lowest BCUT2D eigenvalue weighted by atomic mass is 10.1. The Labute approximate surface area is 216 Å². The minimum absolute atomic E-state index is 0.0808. The predicted molar refractivity (Wildman–Crippen MR) is 141 cm³/mol. The molecule has 0 radical (unpaired) electrons. The largest absolute Gasteiger partial charge is 0.493 e. The molecule has 0 aliphatic heterocycles. The molecule has 1 amide bonds. The van der Waals surface area contributed by atoms with Crippen LogP contribution < -0.4 is 20.2 Å². The summed E-state index contributed by atoms with van der Waals surface area (Å²) in [6.45, 7) is -0.0808. The fourth-order valence-electron chi connectivity index (χ4n) is 3.14. The molecule has 3 aromatic carbocycles. The molecule has 0 fully saturated rings. The summed E-state index contributed by atoms with van der Waals surface area (Å²) in [6, 6.07) is 21.5. The zero-order valence-electron chi connectivity index (χ0n) is 19.1. The fourth-order valence-corrected chi connectivity index (χ4v) is 4.00. The van der Waals surface area contributed by atoms with Gasteiger partial charge in [-0.25, -0.2) is 10.4 Å². The van der Waals surface area contributed by atoms with Crippen molar-refractivity contribution in [2.45, 2.75) is 0 Å². The molecule has 0 bridgehead atoms. The fraction of sp³-hybridized carbons (Fsp3) is 0.0769. The van der Waals surface area contributed by atoms with Crippen molar-refractivity contribution in [2.24, 2.45) is 5.10 Å². The maximum atomic E-state index is 12.5. The molecule has 1 heterocycles. The molecule has 180 valence electrons. The number of nitrogens with zero attached hydrogens (tertiary/aromatic N) is 3. The van der Waals surface area contributed by atoms with Crippen molar-refractivity contribution in [3.63, 3.8) is 0 Å². The van der Waals surface area contributed by atoms with Gasteiger partial charge >= 0.3 is 0 Å². The molecule has 0 unspecified atom stereocenters. The van der Waals surface area contributed by atoms with Crippen LogP contribution in [0.25, 0.3) is 11.3 Å². The maximum absolute atomic E-state index is 12.5. The van der Waals surface area contributed by atoms with Crippen LogP contribution in [0, 0.1) is 11.3 Å². The highest BCUT2D eigenvalue weighted by Crippen LogP contribution is 2.28. The quantitative estimate of drug-likeness (QED) is 0.212. The summed E-state index contributed by atoms with van der Waals surface area (Å²) >= 11 is 7.41. The van der Waals surface area contributed by atoms with Gasteiger partial charge in [0.1, 0.15) is 6.07 Å². The normalized spacial score (nSPS) is 10.6. The standard InChI is InChI=1S/C26H20ClN5O3S/c1-34-24-14-17(2-11-23(24)35-13-12-28)15-29-32-25(33)19-5-3-18(4-6-19)22-16-36-26(31-22)30-21-9-7-20(27)8-10-21/h2-11,14-16H,13H2,1H3,(H,30,31)(H,32,33)/b29-15-. The molecular weight excluding hydrogens is 498 g/mol. The van der Waals surface area contributed by atoms with Gasteiger partial charge in [-0.05, 0) is 60.2 Å². The van der Waals surface area contributed by atoms with Gasteiger partial charge in [-0.15, -0.1) is 11.3 Å². The van der Waals surface area contributed by atoms with Crippen molar-refractivity contribution in [2.75, 3.05) is 19.0 Å². The van der Waals surface area contributed by atoms with E-state index in [2.05, 4.69) is 20.8 Å². The number of hydrogen-bond acceptors (Lipinski definition) is 8. The van der Waals surface area contributed by atoms with E-state index in [-0.39, 0.29) is 12.5 Å². The first kappa shape index (κ1) is 24.7. The number of carbonyl (C=O) groups is 1. The number of aromatic nitrogens is 1. The molecule has 0 spiro atoms. The maximum Gasteiger partial charge on any atom is 0.271 e. The molecule has 8 nitrogen and oxygen atoms in total. The van der Waals surface area contributed by atoms with Gasteiger partial charge in [0.15, 0.2) is 23.2 Å². The average molecular weight is 518 g/mol. The minimum Gasteiger partial charge on any atom is -0.493 e. The Balaban J connectivity index is 1.35. The third-order valence-corrected chi connectivity index (χ3v) is 5.91. The number of nitriles is 1. The summed E-state index contributed by atoms with van der Waals surface area (Å²) in [6.07, 6.45) is 1.49. The van der Waals surface area contributed by atoms with E-state index in [0.717, 1.165) is 22.1 Å². The Kier molecular flexibility index (Phi) is 8.13. The van der Waals surface area contributed by atoms with E-state index in [4.69, 9.17) is 26.3 Å². The van der Waals surface area contributed by atoms with Crippen LogP contribution in [-0.4, -0.2) is 30.8 Å². The number of ether oxygens (including phenoxy) is 2. The van der Waals surface area contributed by atoms with Crippen molar-refractivity contribution < 1.29 is 14.3 Å². The zero-order chi connectivity index (χ0) is 25.3. The summed E-state index contributed by atoms with van der Waals surface area (Å²) in [7, 11) is 1.50. The van der Waals surface area contributed by atoms with Crippen molar-refractivity contribution >= 4 is 45.9 Å². The van der Waals surface area contributed by atoms with E-state index in [1.165, 1.54) is 24.7 Å². The van der Waals surface area contributed by atoms with Gasteiger partial charge in [0.05, 0.1) is 19.0 Å². The molecule has 36 heavy (non-hydrogen) atoms. The van der Waals surface area contributed by atoms with Crippen LogP contribution in [0.5, 0.6) is 11.5 Å². The van der Waals surface area contributed by atoms with E-state index in [1.807, 2.05) is 47.8 Å². The summed E-state index contributed by atoms with van der Waals surface area (Å²) < 4.78 is 10.6. The highest BCUT2D eigenvalue weighted by Gasteiger charge is 2.09. The van der Waals surface area contributed by atoms with Crippen LogP contribution >= 0.6 is 22.9 Å². The molecule has 0 aliphatic rings. The Morgan fingerprint density at radius 2 is 1.92 bits per heavy atom. The lowest BCUT2D eigenvalue weighted by Crippen LogP contribution is -2.17. The van der Waals surface area contributed by atoms with E-state index >= 15 is 0 Å². The smallest absolute Gasteiger partial charge is 0.271 e. The molecule has 0 saturated heterocycles. The number of benzene rings is 3. The lowest BCUT2D eigenvalue weighted by molar-refractivity contribution is 0.0955. The first-order valence-corrected chi connectivity index (χ1v) is 11.9. The Morgan fingerprint density at radius 1 is 1.14 bits per heavy atom. The monoisotopic (exact) mass is 517 g/mol. The van der Waals surface area contributed by atoms with Crippen molar-refractivity contribution in [3.8, 4) is 28.8 Å². The van der Waals surface area contributed by atoms with Crippen LogP contribution in [0.2, 0.25) is 5.02 Å². The van der Waals surface area contributed by atoms with Gasteiger partial charge in [0.2, 0.25) is 0 Å². The van der Waals surface area contributed by atoms with Gasteiger partial charge < -0.3 is 14.8 Å². The average Bonchev–Trinajstić information content (AvgIpc) is 3.37. The number of thiazole rings is 1. The molecule has 0 atom stereocenters. The SMILES string of the molecule is COc1cc(/C=N\NC(=O)c2ccc(-c3csc(Nc4ccc(Cl)cc4)n3)cc2)ccc1OCC#N. The predicted octanol–water partition coefficient (Wildman–Crippen LogP) is 5.88. The van der Waals surface area contributed by atoms with Crippen LogP contribution in [0.3, 0.4) is 0 Å². The molecule has 0 saturated carbocycles. The summed E-state index contributed by atoms with van der Waals surface area (Å²) in [4.78, 5) is 17.1. The molecular formula is C26H20ClN5O3S. The second kappa shape index (κ2) is 11.8. The number of nitrogens with one attached hydrogen (secondary N) is 2. The Hall–Kier alpha value is -4.39. The topological polar surface area (TPSA) is 109 Å². The molecule has 10 heteroatoms. The molecule has 4 aromatic rings. The summed E-state index contributed by atoms with van der Waals surface area (Å²) in [5.41, 5.74) is 6.26. The minimum atomic E-state index is -0.345. The number of methoxy groups -OCH3 is 1. The van der Waals surface area contributed by atoms with Crippen LogP contribution in [0.15, 0.2) is 77.2 Å². The summed E-state index contributed by atoms with van der Waals surface area (Å²) in [5.74, 6) is 0.570. The van der Waals surface area contributed by atoms with Gasteiger partial charge in [-0.2, -0.15) is 10.4 Å². The molecule has 4 rings (SSSR count). The Bertz CT molecular complexity index is 1410. The van der Waals surface area contributed by atoms with E-state index in [9.17, 15) is 4.79 Å². The van der Waals surface area contributed by atoms with Crippen LogP contribution in [-0.2, 0) is 0 Å². The zero-order valence-corrected chi connectivity index (χ0v) is 20.6. The number of anilines is 2. The third kappa shape index (κ3) is 6.39. The van der Waals surface area contributed by atoms with Crippen molar-refractivity contribution in [1.82, 2.24) is 10.4 Å². The van der Waals surface area contributed by atoms with Crippen molar-refractivity contribution in [3.05, 3.63) is 88.3 Å². The Morgan fingerprint density at radius 3 is 2.64 bits per heavy atom. The number of amides is 1. The second-order valence-corrected chi connectivity index (χ2v) is 8.60. The third-order valence-electron chi connectivity index (χ3n) is 4.90. The summed E-state index contributed by atoms with van der Waals surface area (Å²) in [5, 5.41) is 19.3. The highest BCUT2D eigenvalue weighted by molar-refractivity contribution is 7.14. The van der Waals surface area contributed by atoms with Gasteiger partial charge in [-0.3, -0.25) is 4.79 Å². The van der Waals surface area contributed by atoms with Gasteiger partial charge in [0, 0.05) is 27.2 Å². The van der Waals surface area contributed by atoms with E-state index in [1.54, 1.807) is 30.3 Å². The first-order chi connectivity index (χ1) is 17.6. The molecule has 2 N–H and O–H groups in total. The molecule has 0 aliphatic carbocycles. The number of rotatable bonds is 9. The van der Waals surface area contributed by atoms with Gasteiger partial charge in [-0.1, -0.05) is 23.7 Å². The molecule has 1 aromatic heterocycles. The first-order valence-electron chi connectivity index (χ1n) is 10.7. The van der Waals surface area contributed by atoms with Crippen LogP contribution in [0.4, 0.5) is 10.8 Å². The lowest BCUT2D eigenvalue weighted by Gasteiger charge is -2.08.